The maximum atomic E-state index is 13.0. The molecule has 0 spiro atoms. The number of rotatable bonds is 6. The molecule has 1 saturated heterocycles. The number of carbonyl (C=O) groups excluding carboxylic acids is 1. The fourth-order valence-corrected chi connectivity index (χ4v) is 3.88. The minimum atomic E-state index is -0.565. The zero-order valence-electron chi connectivity index (χ0n) is 17.4. The van der Waals surface area contributed by atoms with Crippen molar-refractivity contribution in [2.45, 2.75) is 19.6 Å². The van der Waals surface area contributed by atoms with Gasteiger partial charge in [-0.3, -0.25) is 19.8 Å². The smallest absolute Gasteiger partial charge is 0.269 e. The van der Waals surface area contributed by atoms with Crippen molar-refractivity contribution in [2.24, 2.45) is 5.10 Å². The highest BCUT2D eigenvalue weighted by molar-refractivity contribution is 6.30. The molecule has 3 aromatic rings. The SMILES string of the molecule is C/C(=N/N1C(=O)CN(Cc2ccccc2)[C@H]1c1cccc([N+](=O)[O-])c1)c1ccc(Cl)cc1. The van der Waals surface area contributed by atoms with E-state index in [4.69, 9.17) is 11.6 Å². The van der Waals surface area contributed by atoms with Gasteiger partial charge in [0.25, 0.3) is 11.6 Å². The zero-order chi connectivity index (χ0) is 22.7. The highest BCUT2D eigenvalue weighted by Crippen LogP contribution is 2.34. The summed E-state index contributed by atoms with van der Waals surface area (Å²) in [5, 5.41) is 18.0. The first-order chi connectivity index (χ1) is 15.4. The van der Waals surface area contributed by atoms with Crippen molar-refractivity contribution in [3.05, 3.63) is 111 Å². The molecule has 0 aromatic heterocycles. The number of nitro groups is 1. The third-order valence-electron chi connectivity index (χ3n) is 5.30. The van der Waals surface area contributed by atoms with E-state index in [2.05, 4.69) is 5.10 Å². The number of hydrogen-bond acceptors (Lipinski definition) is 5. The number of carbonyl (C=O) groups is 1. The quantitative estimate of drug-likeness (QED) is 0.301. The predicted octanol–water partition coefficient (Wildman–Crippen LogP) is 5.02. The predicted molar refractivity (Wildman–Crippen MR) is 123 cm³/mol. The highest BCUT2D eigenvalue weighted by atomic mass is 35.5. The van der Waals surface area contributed by atoms with Crippen molar-refractivity contribution in [1.29, 1.82) is 0 Å². The Kier molecular flexibility index (Phi) is 6.30. The standard InChI is InChI=1S/C24H21ClN4O3/c1-17(19-10-12-21(25)13-11-19)26-28-23(30)16-27(15-18-6-3-2-4-7-18)24(28)20-8-5-9-22(14-20)29(31)32/h2-14,24H,15-16H2,1H3/b26-17-/t24-/m1/s1. The van der Waals surface area contributed by atoms with Gasteiger partial charge in [0, 0.05) is 23.7 Å². The van der Waals surface area contributed by atoms with E-state index < -0.39 is 11.1 Å². The van der Waals surface area contributed by atoms with Crippen LogP contribution >= 0.6 is 11.6 Å². The number of benzene rings is 3. The molecule has 4 rings (SSSR count). The van der Waals surface area contributed by atoms with Crippen LogP contribution in [-0.4, -0.2) is 33.0 Å². The molecule has 0 N–H and O–H groups in total. The number of nitrogens with zero attached hydrogens (tertiary/aromatic N) is 4. The monoisotopic (exact) mass is 448 g/mol. The summed E-state index contributed by atoms with van der Waals surface area (Å²) in [4.78, 5) is 25.9. The zero-order valence-corrected chi connectivity index (χ0v) is 18.1. The van der Waals surface area contributed by atoms with Crippen LogP contribution < -0.4 is 0 Å². The average molecular weight is 449 g/mol. The Hall–Kier alpha value is -3.55. The first kappa shape index (κ1) is 21.7. The van der Waals surface area contributed by atoms with Gasteiger partial charge in [0.2, 0.25) is 0 Å². The number of non-ortho nitro benzene ring substituents is 1. The third-order valence-corrected chi connectivity index (χ3v) is 5.55. The summed E-state index contributed by atoms with van der Waals surface area (Å²) in [5.74, 6) is -0.175. The fraction of sp³-hybridized carbons (Fsp3) is 0.167. The molecule has 1 fully saturated rings. The topological polar surface area (TPSA) is 79.0 Å². The van der Waals surface area contributed by atoms with Gasteiger partial charge in [0.1, 0.15) is 6.17 Å². The van der Waals surface area contributed by atoms with Crippen molar-refractivity contribution < 1.29 is 9.72 Å². The van der Waals surface area contributed by atoms with Crippen molar-refractivity contribution in [3.8, 4) is 0 Å². The molecule has 8 heteroatoms. The van der Waals surface area contributed by atoms with E-state index in [0.717, 1.165) is 11.1 Å². The van der Waals surface area contributed by atoms with Crippen LogP contribution in [0.4, 0.5) is 5.69 Å². The molecule has 0 unspecified atom stereocenters. The molecule has 32 heavy (non-hydrogen) atoms. The second-order valence-corrected chi connectivity index (χ2v) is 7.98. The molecule has 1 heterocycles. The number of hydrogen-bond donors (Lipinski definition) is 0. The largest absolute Gasteiger partial charge is 0.271 e. The van der Waals surface area contributed by atoms with Crippen molar-refractivity contribution >= 4 is 28.9 Å². The first-order valence-electron chi connectivity index (χ1n) is 10.1. The molecule has 3 aromatic carbocycles. The lowest BCUT2D eigenvalue weighted by Crippen LogP contribution is -2.29. The molecule has 0 bridgehead atoms. The number of amides is 1. The maximum Gasteiger partial charge on any atom is 0.269 e. The molecule has 0 aliphatic carbocycles. The molecule has 1 amide bonds. The summed E-state index contributed by atoms with van der Waals surface area (Å²) in [6, 6.07) is 23.4. The van der Waals surface area contributed by atoms with Crippen LogP contribution in [0.1, 0.15) is 29.8 Å². The fourth-order valence-electron chi connectivity index (χ4n) is 3.76. The van der Waals surface area contributed by atoms with Crippen molar-refractivity contribution in [1.82, 2.24) is 9.91 Å². The van der Waals surface area contributed by atoms with E-state index in [9.17, 15) is 14.9 Å². The van der Waals surface area contributed by atoms with E-state index >= 15 is 0 Å². The van der Waals surface area contributed by atoms with Gasteiger partial charge in [-0.05, 0) is 35.7 Å². The van der Waals surface area contributed by atoms with E-state index in [-0.39, 0.29) is 18.1 Å². The Labute approximate surface area is 190 Å². The van der Waals surface area contributed by atoms with Gasteiger partial charge in [0.05, 0.1) is 17.2 Å². The Morgan fingerprint density at radius 2 is 1.81 bits per heavy atom. The molecular weight excluding hydrogens is 428 g/mol. The van der Waals surface area contributed by atoms with E-state index in [0.29, 0.717) is 22.8 Å². The molecule has 162 valence electrons. The Morgan fingerprint density at radius 3 is 2.50 bits per heavy atom. The average Bonchev–Trinajstić information content (AvgIpc) is 3.09. The lowest BCUT2D eigenvalue weighted by molar-refractivity contribution is -0.385. The van der Waals surface area contributed by atoms with Gasteiger partial charge in [-0.25, -0.2) is 5.01 Å². The van der Waals surface area contributed by atoms with Crippen LogP contribution in [0.3, 0.4) is 0 Å². The molecule has 1 atom stereocenters. The van der Waals surface area contributed by atoms with Gasteiger partial charge in [-0.2, -0.15) is 5.10 Å². The van der Waals surface area contributed by atoms with Gasteiger partial charge in [-0.1, -0.05) is 66.2 Å². The normalized spacial score (nSPS) is 17.1. The van der Waals surface area contributed by atoms with Gasteiger partial charge in [-0.15, -0.1) is 0 Å². The van der Waals surface area contributed by atoms with Gasteiger partial charge < -0.3 is 0 Å². The van der Waals surface area contributed by atoms with E-state index in [1.807, 2.05) is 54.3 Å². The molecular formula is C24H21ClN4O3. The van der Waals surface area contributed by atoms with Crippen LogP contribution in [0.2, 0.25) is 5.02 Å². The van der Waals surface area contributed by atoms with Crippen LogP contribution in [0, 0.1) is 10.1 Å². The minimum absolute atomic E-state index is 0.0279. The molecule has 7 nitrogen and oxygen atoms in total. The highest BCUT2D eigenvalue weighted by Gasteiger charge is 2.39. The van der Waals surface area contributed by atoms with E-state index in [1.54, 1.807) is 24.3 Å². The summed E-state index contributed by atoms with van der Waals surface area (Å²) in [7, 11) is 0. The lowest BCUT2D eigenvalue weighted by atomic mass is 10.1. The van der Waals surface area contributed by atoms with Crippen LogP contribution in [0.15, 0.2) is 84.0 Å². The summed E-state index contributed by atoms with van der Waals surface area (Å²) >= 11 is 5.98. The minimum Gasteiger partial charge on any atom is -0.271 e. The van der Waals surface area contributed by atoms with Crippen LogP contribution in [0.25, 0.3) is 0 Å². The second kappa shape index (κ2) is 9.30. The molecule has 1 aliphatic rings. The number of hydrazone groups is 1. The van der Waals surface area contributed by atoms with Crippen molar-refractivity contribution in [3.63, 3.8) is 0 Å². The number of nitro benzene ring substituents is 1. The van der Waals surface area contributed by atoms with Crippen LogP contribution in [-0.2, 0) is 11.3 Å². The molecule has 0 saturated carbocycles. The Bertz CT molecular complexity index is 1170. The Balaban J connectivity index is 1.74. The van der Waals surface area contributed by atoms with Crippen molar-refractivity contribution in [2.75, 3.05) is 6.54 Å². The number of halogens is 1. The summed E-state index contributed by atoms with van der Waals surface area (Å²) in [5.41, 5.74) is 3.12. The van der Waals surface area contributed by atoms with Gasteiger partial charge >= 0.3 is 0 Å². The third kappa shape index (κ3) is 4.69. The summed E-state index contributed by atoms with van der Waals surface area (Å²) in [6.45, 7) is 2.48. The van der Waals surface area contributed by atoms with Crippen LogP contribution in [0.5, 0.6) is 0 Å². The molecule has 1 aliphatic heterocycles. The van der Waals surface area contributed by atoms with Gasteiger partial charge in [0.15, 0.2) is 0 Å². The first-order valence-corrected chi connectivity index (χ1v) is 10.5. The summed E-state index contributed by atoms with van der Waals surface area (Å²) < 4.78 is 0. The Morgan fingerprint density at radius 1 is 1.09 bits per heavy atom. The van der Waals surface area contributed by atoms with E-state index in [1.165, 1.54) is 17.1 Å². The molecule has 0 radical (unpaired) electrons. The lowest BCUT2D eigenvalue weighted by Gasteiger charge is -2.27. The summed E-state index contributed by atoms with van der Waals surface area (Å²) in [6.07, 6.45) is -0.565. The second-order valence-electron chi connectivity index (χ2n) is 7.55. The maximum absolute atomic E-state index is 13.0.